The van der Waals surface area contributed by atoms with Gasteiger partial charge in [-0.1, -0.05) is 13.0 Å². The van der Waals surface area contributed by atoms with E-state index in [1.165, 1.54) is 6.42 Å². The normalized spacial score (nSPS) is 18.7. The molecule has 0 N–H and O–H groups in total. The number of hydrogen-bond donors (Lipinski definition) is 0. The molecule has 1 aliphatic heterocycles. The molecule has 23 heavy (non-hydrogen) atoms. The quantitative estimate of drug-likeness (QED) is 0.699. The minimum absolute atomic E-state index is 0.151. The second-order valence-corrected chi connectivity index (χ2v) is 7.72. The van der Waals surface area contributed by atoms with Crippen LogP contribution in [0.25, 0.3) is 15.5 Å². The van der Waals surface area contributed by atoms with Crippen LogP contribution in [-0.4, -0.2) is 32.8 Å². The third-order valence-corrected chi connectivity index (χ3v) is 6.29. The molecule has 4 nitrogen and oxygen atoms in total. The van der Waals surface area contributed by atoms with Crippen LogP contribution in [0.5, 0.6) is 0 Å². The Hall–Kier alpha value is -1.66. The Morgan fingerprint density at radius 2 is 2.30 bits per heavy atom. The van der Waals surface area contributed by atoms with Gasteiger partial charge in [0.25, 0.3) is 5.91 Å². The fourth-order valence-corrected chi connectivity index (χ4v) is 4.85. The standard InChI is InChI=1S/C17H19N3OS2/c1-2-12-6-3-4-8-19(12)16(21)14-11-23-17-18-13(10-20(14)17)15-7-5-9-22-15/h5,7,9-12H,2-4,6,8H2,1H3. The lowest BCUT2D eigenvalue weighted by molar-refractivity contribution is 0.0601. The highest BCUT2D eigenvalue weighted by Crippen LogP contribution is 2.28. The highest BCUT2D eigenvalue weighted by molar-refractivity contribution is 7.15. The molecule has 3 aromatic heterocycles. The predicted molar refractivity (Wildman–Crippen MR) is 95.3 cm³/mol. The van der Waals surface area contributed by atoms with E-state index in [1.807, 2.05) is 22.0 Å². The van der Waals surface area contributed by atoms with E-state index in [-0.39, 0.29) is 5.91 Å². The van der Waals surface area contributed by atoms with Gasteiger partial charge in [0.15, 0.2) is 4.96 Å². The van der Waals surface area contributed by atoms with Crippen molar-refractivity contribution in [3.63, 3.8) is 0 Å². The van der Waals surface area contributed by atoms with Crippen molar-refractivity contribution in [1.82, 2.24) is 14.3 Å². The van der Waals surface area contributed by atoms with Gasteiger partial charge < -0.3 is 4.90 Å². The number of nitrogens with zero attached hydrogens (tertiary/aromatic N) is 3. The van der Waals surface area contributed by atoms with Crippen LogP contribution in [0.3, 0.4) is 0 Å². The number of carbonyl (C=O) groups is 1. The van der Waals surface area contributed by atoms with E-state index in [4.69, 9.17) is 0 Å². The summed E-state index contributed by atoms with van der Waals surface area (Å²) in [5.41, 5.74) is 1.70. The predicted octanol–water partition coefficient (Wildman–Crippen LogP) is 4.53. The molecule has 6 heteroatoms. The van der Waals surface area contributed by atoms with E-state index < -0.39 is 0 Å². The average Bonchev–Trinajstić information content (AvgIpc) is 3.29. The van der Waals surface area contributed by atoms with E-state index >= 15 is 0 Å². The van der Waals surface area contributed by atoms with Gasteiger partial charge >= 0.3 is 0 Å². The molecular weight excluding hydrogens is 326 g/mol. The summed E-state index contributed by atoms with van der Waals surface area (Å²) in [5.74, 6) is 0.151. The molecular formula is C17H19N3OS2. The second-order valence-electron chi connectivity index (χ2n) is 5.93. The molecule has 0 spiro atoms. The Morgan fingerprint density at radius 1 is 1.39 bits per heavy atom. The molecule has 0 aliphatic carbocycles. The zero-order valence-electron chi connectivity index (χ0n) is 13.1. The summed E-state index contributed by atoms with van der Waals surface area (Å²) >= 11 is 3.22. The van der Waals surface area contributed by atoms with Crippen molar-refractivity contribution in [3.05, 3.63) is 34.8 Å². The van der Waals surface area contributed by atoms with Crippen LogP contribution in [0.2, 0.25) is 0 Å². The smallest absolute Gasteiger partial charge is 0.271 e. The van der Waals surface area contributed by atoms with Gasteiger partial charge in [-0.3, -0.25) is 9.20 Å². The fourth-order valence-electron chi connectivity index (χ4n) is 3.32. The first-order valence-corrected chi connectivity index (χ1v) is 9.85. The zero-order chi connectivity index (χ0) is 15.8. The summed E-state index contributed by atoms with van der Waals surface area (Å²) in [4.78, 5) is 21.8. The first-order chi connectivity index (χ1) is 11.3. The van der Waals surface area contributed by atoms with Crippen LogP contribution in [0, 0.1) is 0 Å². The Balaban J connectivity index is 1.69. The zero-order valence-corrected chi connectivity index (χ0v) is 14.7. The molecule has 1 amide bonds. The number of fused-ring (bicyclic) bond motifs is 1. The Labute approximate surface area is 143 Å². The minimum Gasteiger partial charge on any atom is -0.334 e. The molecule has 1 fully saturated rings. The lowest BCUT2D eigenvalue weighted by Gasteiger charge is -2.35. The SMILES string of the molecule is CCC1CCCCN1C(=O)c1csc2nc(-c3cccs3)cn12. The lowest BCUT2D eigenvalue weighted by atomic mass is 10.00. The summed E-state index contributed by atoms with van der Waals surface area (Å²) in [6.07, 6.45) is 6.49. The van der Waals surface area contributed by atoms with Crippen molar-refractivity contribution in [2.24, 2.45) is 0 Å². The highest BCUT2D eigenvalue weighted by atomic mass is 32.1. The Kier molecular flexibility index (Phi) is 3.95. The maximum absolute atomic E-state index is 13.0. The number of imidazole rings is 1. The number of amides is 1. The molecule has 120 valence electrons. The van der Waals surface area contributed by atoms with E-state index in [1.54, 1.807) is 22.7 Å². The number of thiophene rings is 1. The van der Waals surface area contributed by atoms with E-state index in [2.05, 4.69) is 28.3 Å². The summed E-state index contributed by atoms with van der Waals surface area (Å²) in [7, 11) is 0. The monoisotopic (exact) mass is 345 g/mol. The average molecular weight is 345 g/mol. The van der Waals surface area contributed by atoms with Gasteiger partial charge in [0, 0.05) is 24.2 Å². The largest absolute Gasteiger partial charge is 0.334 e. The first-order valence-electron chi connectivity index (χ1n) is 8.09. The number of aromatic nitrogens is 2. The third kappa shape index (κ3) is 2.60. The molecule has 4 rings (SSSR count). The summed E-state index contributed by atoms with van der Waals surface area (Å²) in [5, 5.41) is 4.00. The third-order valence-electron chi connectivity index (χ3n) is 4.56. The topological polar surface area (TPSA) is 37.6 Å². The van der Waals surface area contributed by atoms with Crippen molar-refractivity contribution < 1.29 is 4.79 Å². The van der Waals surface area contributed by atoms with Crippen molar-refractivity contribution in [2.75, 3.05) is 6.54 Å². The van der Waals surface area contributed by atoms with Gasteiger partial charge in [0.2, 0.25) is 0 Å². The summed E-state index contributed by atoms with van der Waals surface area (Å²) in [6.45, 7) is 3.05. The number of carbonyl (C=O) groups excluding carboxylic acids is 1. The fraction of sp³-hybridized carbons (Fsp3) is 0.412. The molecule has 0 saturated carbocycles. The summed E-state index contributed by atoms with van der Waals surface area (Å²) < 4.78 is 1.96. The highest BCUT2D eigenvalue weighted by Gasteiger charge is 2.28. The first kappa shape index (κ1) is 14.9. The van der Waals surface area contributed by atoms with Gasteiger partial charge in [-0.15, -0.1) is 22.7 Å². The molecule has 3 aromatic rings. The van der Waals surface area contributed by atoms with Crippen molar-refractivity contribution in [2.45, 2.75) is 38.6 Å². The molecule has 1 aliphatic rings. The van der Waals surface area contributed by atoms with E-state index in [0.717, 1.165) is 47.0 Å². The van der Waals surface area contributed by atoms with Crippen LogP contribution in [-0.2, 0) is 0 Å². The van der Waals surface area contributed by atoms with Crippen molar-refractivity contribution >= 4 is 33.5 Å². The minimum atomic E-state index is 0.151. The van der Waals surface area contributed by atoms with Gasteiger partial charge in [-0.05, 0) is 37.1 Å². The van der Waals surface area contributed by atoms with Crippen molar-refractivity contribution in [1.29, 1.82) is 0 Å². The van der Waals surface area contributed by atoms with Gasteiger partial charge in [0.05, 0.1) is 4.88 Å². The second kappa shape index (κ2) is 6.09. The van der Waals surface area contributed by atoms with Crippen LogP contribution in [0.15, 0.2) is 29.1 Å². The van der Waals surface area contributed by atoms with E-state index in [9.17, 15) is 4.79 Å². The number of rotatable bonds is 3. The maximum atomic E-state index is 13.0. The Bertz CT molecular complexity index is 818. The lowest BCUT2D eigenvalue weighted by Crippen LogP contribution is -2.43. The number of likely N-dealkylation sites (tertiary alicyclic amines) is 1. The molecule has 1 unspecified atom stereocenters. The molecule has 1 saturated heterocycles. The van der Waals surface area contributed by atoms with Gasteiger partial charge in [-0.2, -0.15) is 0 Å². The molecule has 0 aromatic carbocycles. The van der Waals surface area contributed by atoms with Crippen molar-refractivity contribution in [3.8, 4) is 10.6 Å². The number of hydrogen-bond acceptors (Lipinski definition) is 4. The molecule has 0 radical (unpaired) electrons. The van der Waals surface area contributed by atoms with Gasteiger partial charge in [-0.25, -0.2) is 4.98 Å². The maximum Gasteiger partial charge on any atom is 0.271 e. The Morgan fingerprint density at radius 3 is 3.09 bits per heavy atom. The molecule has 1 atom stereocenters. The van der Waals surface area contributed by atoms with Crippen LogP contribution >= 0.6 is 22.7 Å². The molecule has 0 bridgehead atoms. The van der Waals surface area contributed by atoms with Crippen LogP contribution in [0.4, 0.5) is 0 Å². The summed E-state index contributed by atoms with van der Waals surface area (Å²) in [6, 6.07) is 4.47. The number of piperidine rings is 1. The number of thiazole rings is 1. The van der Waals surface area contributed by atoms with Crippen LogP contribution < -0.4 is 0 Å². The molecule has 4 heterocycles. The van der Waals surface area contributed by atoms with Crippen LogP contribution in [0.1, 0.15) is 43.1 Å². The van der Waals surface area contributed by atoms with Gasteiger partial charge in [0.1, 0.15) is 11.4 Å². The van der Waals surface area contributed by atoms with E-state index in [0.29, 0.717) is 6.04 Å².